The van der Waals surface area contributed by atoms with Crippen LogP contribution in [0.2, 0.25) is 0 Å². The lowest BCUT2D eigenvalue weighted by Gasteiger charge is -2.15. The third-order valence-electron chi connectivity index (χ3n) is 1.42. The first kappa shape index (κ1) is 11.0. The van der Waals surface area contributed by atoms with Crippen LogP contribution < -0.4 is 0 Å². The molecule has 0 aromatic carbocycles. The summed E-state index contributed by atoms with van der Waals surface area (Å²) >= 11 is 0. The van der Waals surface area contributed by atoms with E-state index >= 15 is 0 Å². The Hall–Kier alpha value is -1.02. The van der Waals surface area contributed by atoms with Gasteiger partial charge in [-0.3, -0.25) is 0 Å². The van der Waals surface area contributed by atoms with Crippen molar-refractivity contribution in [2.45, 2.75) is 6.92 Å². The monoisotopic (exact) mass is 167 g/mol. The van der Waals surface area contributed by atoms with Gasteiger partial charge in [-0.25, -0.2) is 0 Å². The summed E-state index contributed by atoms with van der Waals surface area (Å²) in [7, 11) is 0. The molecule has 0 saturated heterocycles. The summed E-state index contributed by atoms with van der Waals surface area (Å²) in [6.45, 7) is 7.23. The first-order valence-electron chi connectivity index (χ1n) is 4.10. The zero-order valence-corrected chi connectivity index (χ0v) is 7.61. The van der Waals surface area contributed by atoms with Crippen molar-refractivity contribution in [3.63, 3.8) is 0 Å². The van der Waals surface area contributed by atoms with E-state index in [2.05, 4.69) is 6.58 Å². The Morgan fingerprint density at radius 3 is 2.67 bits per heavy atom. The summed E-state index contributed by atoms with van der Waals surface area (Å²) in [5.74, 6) is 0. The van der Waals surface area contributed by atoms with Crippen molar-refractivity contribution in [3.8, 4) is 0 Å². The molecule has 1 N–H and O–H groups in total. The number of nitrogens with zero attached hydrogens (tertiary/aromatic N) is 1. The quantitative estimate of drug-likeness (QED) is 0.607. The highest BCUT2D eigenvalue weighted by molar-refractivity contribution is 5.02. The van der Waals surface area contributed by atoms with Crippen LogP contribution in [0.15, 0.2) is 37.1 Å². The van der Waals surface area contributed by atoms with E-state index in [1.165, 1.54) is 0 Å². The van der Waals surface area contributed by atoms with Gasteiger partial charge in [-0.15, -0.1) is 0 Å². The summed E-state index contributed by atoms with van der Waals surface area (Å²) in [6.07, 6.45) is 9.68. The molecule has 0 aliphatic heterocycles. The third kappa shape index (κ3) is 5.74. The minimum atomic E-state index is 0.170. The van der Waals surface area contributed by atoms with Gasteiger partial charge in [0.15, 0.2) is 0 Å². The molecule has 0 saturated carbocycles. The van der Waals surface area contributed by atoms with Crippen molar-refractivity contribution in [2.75, 3.05) is 19.7 Å². The van der Waals surface area contributed by atoms with Gasteiger partial charge in [0.25, 0.3) is 0 Å². The third-order valence-corrected chi connectivity index (χ3v) is 1.42. The zero-order chi connectivity index (χ0) is 9.23. The van der Waals surface area contributed by atoms with E-state index in [0.29, 0.717) is 6.54 Å². The fraction of sp³-hybridized carbons (Fsp3) is 0.400. The molecule has 0 aromatic heterocycles. The minimum absolute atomic E-state index is 0.170. The van der Waals surface area contributed by atoms with Gasteiger partial charge in [0.2, 0.25) is 0 Å². The molecule has 0 heterocycles. The Morgan fingerprint density at radius 2 is 2.17 bits per heavy atom. The number of rotatable bonds is 6. The molecule has 12 heavy (non-hydrogen) atoms. The highest BCUT2D eigenvalue weighted by atomic mass is 16.3. The molecule has 2 nitrogen and oxygen atoms in total. The Labute approximate surface area is 74.5 Å². The molecule has 0 aliphatic rings. The molecule has 0 fully saturated rings. The molecule has 0 atom stereocenters. The first-order valence-corrected chi connectivity index (χ1v) is 4.10. The van der Waals surface area contributed by atoms with E-state index in [0.717, 1.165) is 6.54 Å². The molecule has 0 bridgehead atoms. The number of allylic oxidation sites excluding steroid dienone is 3. The van der Waals surface area contributed by atoms with Crippen LogP contribution in [0.25, 0.3) is 0 Å². The smallest absolute Gasteiger partial charge is 0.0606 e. The maximum atomic E-state index is 8.64. The van der Waals surface area contributed by atoms with Crippen LogP contribution in [0, 0.1) is 0 Å². The lowest BCUT2D eigenvalue weighted by molar-refractivity contribution is 0.246. The van der Waals surface area contributed by atoms with Crippen molar-refractivity contribution >= 4 is 0 Å². The lowest BCUT2D eigenvalue weighted by atomic mass is 10.4. The van der Waals surface area contributed by atoms with Gasteiger partial charge in [-0.1, -0.05) is 30.9 Å². The van der Waals surface area contributed by atoms with Gasteiger partial charge >= 0.3 is 0 Å². The number of aliphatic hydroxyl groups excluding tert-OH is 1. The average molecular weight is 167 g/mol. The van der Waals surface area contributed by atoms with Gasteiger partial charge < -0.3 is 10.0 Å². The summed E-state index contributed by atoms with van der Waals surface area (Å²) in [6, 6.07) is 0. The topological polar surface area (TPSA) is 23.5 Å². The molecule has 0 unspecified atom stereocenters. The molecule has 0 spiro atoms. The summed E-state index contributed by atoms with van der Waals surface area (Å²) < 4.78 is 0. The fourth-order valence-electron chi connectivity index (χ4n) is 0.771. The molecule has 0 amide bonds. The van der Waals surface area contributed by atoms with Crippen LogP contribution in [-0.2, 0) is 0 Å². The predicted molar refractivity (Wildman–Crippen MR) is 52.8 cm³/mol. The Balaban J connectivity index is 3.63. The van der Waals surface area contributed by atoms with Gasteiger partial charge in [-0.05, 0) is 13.1 Å². The first-order chi connectivity index (χ1) is 5.85. The van der Waals surface area contributed by atoms with Crippen LogP contribution in [0.5, 0.6) is 0 Å². The Kier molecular flexibility index (Phi) is 7.39. The number of hydrogen-bond acceptors (Lipinski definition) is 2. The molecule has 0 rings (SSSR count). The Morgan fingerprint density at radius 1 is 1.42 bits per heavy atom. The Bertz CT molecular complexity index is 161. The van der Waals surface area contributed by atoms with Crippen LogP contribution >= 0.6 is 0 Å². The van der Waals surface area contributed by atoms with Crippen LogP contribution in [0.4, 0.5) is 0 Å². The number of hydrogen-bond donors (Lipinski definition) is 1. The van der Waals surface area contributed by atoms with Gasteiger partial charge in [0.1, 0.15) is 0 Å². The zero-order valence-electron chi connectivity index (χ0n) is 7.61. The van der Waals surface area contributed by atoms with E-state index in [9.17, 15) is 0 Å². The van der Waals surface area contributed by atoms with E-state index in [4.69, 9.17) is 5.11 Å². The molecule has 0 aromatic rings. The van der Waals surface area contributed by atoms with Gasteiger partial charge in [0.05, 0.1) is 6.61 Å². The SMILES string of the molecule is C=CN(C/C=C\C=C/C)CCO. The highest BCUT2D eigenvalue weighted by Crippen LogP contribution is 1.88. The van der Waals surface area contributed by atoms with E-state index in [1.807, 2.05) is 36.1 Å². The molecular weight excluding hydrogens is 150 g/mol. The maximum Gasteiger partial charge on any atom is 0.0606 e. The lowest BCUT2D eigenvalue weighted by Crippen LogP contribution is -2.20. The molecular formula is C10H17NO. The van der Waals surface area contributed by atoms with Gasteiger partial charge in [0, 0.05) is 13.1 Å². The summed E-state index contributed by atoms with van der Waals surface area (Å²) in [5.41, 5.74) is 0. The van der Waals surface area contributed by atoms with Gasteiger partial charge in [-0.2, -0.15) is 0 Å². The maximum absolute atomic E-state index is 8.64. The molecule has 2 heteroatoms. The van der Waals surface area contributed by atoms with Crippen molar-refractivity contribution < 1.29 is 5.11 Å². The second-order valence-electron chi connectivity index (χ2n) is 2.36. The molecule has 0 aliphatic carbocycles. The summed E-state index contributed by atoms with van der Waals surface area (Å²) in [5, 5.41) is 8.64. The minimum Gasteiger partial charge on any atom is -0.395 e. The largest absolute Gasteiger partial charge is 0.395 e. The summed E-state index contributed by atoms with van der Waals surface area (Å²) in [4.78, 5) is 1.94. The highest BCUT2D eigenvalue weighted by Gasteiger charge is 1.91. The number of aliphatic hydroxyl groups is 1. The van der Waals surface area contributed by atoms with Crippen LogP contribution in [0.3, 0.4) is 0 Å². The average Bonchev–Trinajstić information content (AvgIpc) is 2.10. The molecule has 68 valence electrons. The fourth-order valence-corrected chi connectivity index (χ4v) is 0.771. The predicted octanol–water partition coefficient (Wildman–Crippen LogP) is 1.56. The van der Waals surface area contributed by atoms with Crippen molar-refractivity contribution in [1.29, 1.82) is 0 Å². The van der Waals surface area contributed by atoms with E-state index < -0.39 is 0 Å². The van der Waals surface area contributed by atoms with Crippen LogP contribution in [0.1, 0.15) is 6.92 Å². The van der Waals surface area contributed by atoms with E-state index in [1.54, 1.807) is 6.20 Å². The second kappa shape index (κ2) is 8.08. The standard InChI is InChI=1S/C10H17NO/c1-3-5-6-7-8-11(4-2)9-10-12/h3-7,12H,2,8-10H2,1H3/b5-3-,7-6-. The van der Waals surface area contributed by atoms with Crippen molar-refractivity contribution in [3.05, 3.63) is 37.1 Å². The van der Waals surface area contributed by atoms with E-state index in [-0.39, 0.29) is 6.61 Å². The second-order valence-corrected chi connectivity index (χ2v) is 2.36. The van der Waals surface area contributed by atoms with Crippen LogP contribution in [-0.4, -0.2) is 29.7 Å². The van der Waals surface area contributed by atoms with Crippen molar-refractivity contribution in [2.24, 2.45) is 0 Å². The normalized spacial score (nSPS) is 11.2. The molecule has 0 radical (unpaired) electrons. The van der Waals surface area contributed by atoms with Crippen molar-refractivity contribution in [1.82, 2.24) is 4.90 Å².